The van der Waals surface area contributed by atoms with Crippen LogP contribution in [0, 0.1) is 6.92 Å². The van der Waals surface area contributed by atoms with E-state index in [4.69, 9.17) is 9.47 Å². The molecule has 1 N–H and O–H groups in total. The molecular weight excluding hydrogens is 356 g/mol. The minimum absolute atomic E-state index is 0.0272. The fourth-order valence-electron chi connectivity index (χ4n) is 2.86. The molecule has 1 fully saturated rings. The third-order valence-electron chi connectivity index (χ3n) is 4.31. The molecule has 0 radical (unpaired) electrons. The number of rotatable bonds is 9. The number of nitrogens with one attached hydrogen (secondary N) is 1. The number of amides is 1. The molecule has 7 nitrogen and oxygen atoms in total. The van der Waals surface area contributed by atoms with Gasteiger partial charge in [0.1, 0.15) is 5.75 Å². The zero-order chi connectivity index (χ0) is 19.2. The van der Waals surface area contributed by atoms with Gasteiger partial charge in [-0.3, -0.25) is 4.79 Å². The average Bonchev–Trinajstić information content (AvgIpc) is 3.13. The third-order valence-corrected chi connectivity index (χ3v) is 6.22. The van der Waals surface area contributed by atoms with Gasteiger partial charge in [-0.2, -0.15) is 4.31 Å². The van der Waals surface area contributed by atoms with E-state index in [1.165, 1.54) is 10.4 Å². The monoisotopic (exact) mass is 384 g/mol. The number of likely N-dealkylation sites (N-methyl/N-ethyl adjacent to an activating group) is 1. The van der Waals surface area contributed by atoms with Gasteiger partial charge in [-0.1, -0.05) is 6.92 Å². The summed E-state index contributed by atoms with van der Waals surface area (Å²) in [5, 5.41) is 2.76. The van der Waals surface area contributed by atoms with E-state index in [1.807, 2.05) is 6.92 Å². The molecule has 2 rings (SSSR count). The predicted molar refractivity (Wildman–Crippen MR) is 98.8 cm³/mol. The molecule has 0 aromatic heterocycles. The van der Waals surface area contributed by atoms with Crippen molar-refractivity contribution in [2.75, 3.05) is 32.8 Å². The lowest BCUT2D eigenvalue weighted by atomic mass is 10.2. The first kappa shape index (κ1) is 20.7. The number of benzene rings is 1. The molecule has 0 saturated carbocycles. The lowest BCUT2D eigenvalue weighted by molar-refractivity contribution is -0.121. The topological polar surface area (TPSA) is 84.9 Å². The maximum absolute atomic E-state index is 12.9. The van der Waals surface area contributed by atoms with Gasteiger partial charge in [-0.05, 0) is 50.5 Å². The molecule has 26 heavy (non-hydrogen) atoms. The molecule has 1 aromatic carbocycles. The summed E-state index contributed by atoms with van der Waals surface area (Å²) in [5.41, 5.74) is 0.742. The summed E-state index contributed by atoms with van der Waals surface area (Å²) in [6.45, 7) is 7.03. The van der Waals surface area contributed by atoms with Gasteiger partial charge in [-0.15, -0.1) is 0 Å². The summed E-state index contributed by atoms with van der Waals surface area (Å²) in [5.74, 6) is 0.331. The van der Waals surface area contributed by atoms with Gasteiger partial charge in [-0.25, -0.2) is 8.42 Å². The molecule has 0 bridgehead atoms. The highest BCUT2D eigenvalue weighted by Crippen LogP contribution is 2.24. The van der Waals surface area contributed by atoms with E-state index < -0.39 is 10.0 Å². The van der Waals surface area contributed by atoms with Crippen molar-refractivity contribution in [3.63, 3.8) is 0 Å². The highest BCUT2D eigenvalue weighted by Gasteiger charge is 2.26. The van der Waals surface area contributed by atoms with Crippen molar-refractivity contribution in [3.05, 3.63) is 23.8 Å². The van der Waals surface area contributed by atoms with Crippen LogP contribution in [0.25, 0.3) is 0 Å². The normalized spacial score (nSPS) is 17.5. The minimum atomic E-state index is -3.75. The van der Waals surface area contributed by atoms with Crippen LogP contribution >= 0.6 is 0 Å². The number of carbonyl (C=O) groups is 1. The Morgan fingerprint density at radius 1 is 1.38 bits per heavy atom. The molecule has 1 heterocycles. The number of carbonyl (C=O) groups excluding carboxylic acids is 1. The van der Waals surface area contributed by atoms with Crippen LogP contribution in [0.15, 0.2) is 23.1 Å². The zero-order valence-corrected chi connectivity index (χ0v) is 16.5. The average molecular weight is 384 g/mol. The lowest BCUT2D eigenvalue weighted by Crippen LogP contribution is -2.42. The van der Waals surface area contributed by atoms with Crippen LogP contribution in [0.4, 0.5) is 0 Å². The largest absolute Gasteiger partial charge is 0.494 e. The second-order valence-electron chi connectivity index (χ2n) is 6.23. The van der Waals surface area contributed by atoms with Gasteiger partial charge in [0, 0.05) is 19.7 Å². The summed E-state index contributed by atoms with van der Waals surface area (Å²) >= 11 is 0. The molecule has 0 spiro atoms. The Kier molecular flexibility index (Phi) is 7.43. The standard InChI is InChI=1S/C18H28N2O5S/c1-4-20(13-18(21)19-12-15-7-6-10-25-15)26(22,23)16-8-9-17(24-5-2)14(3)11-16/h8-9,11,15H,4-7,10,12-13H2,1-3H3,(H,19,21)/t15-/m1/s1. The van der Waals surface area contributed by atoms with Crippen molar-refractivity contribution in [1.82, 2.24) is 9.62 Å². The molecule has 1 saturated heterocycles. The van der Waals surface area contributed by atoms with Gasteiger partial charge >= 0.3 is 0 Å². The van der Waals surface area contributed by atoms with Gasteiger partial charge in [0.2, 0.25) is 15.9 Å². The Morgan fingerprint density at radius 3 is 2.73 bits per heavy atom. The van der Waals surface area contributed by atoms with Crippen LogP contribution in [-0.4, -0.2) is 57.6 Å². The summed E-state index contributed by atoms with van der Waals surface area (Å²) in [6.07, 6.45) is 1.94. The predicted octanol–water partition coefficient (Wildman–Crippen LogP) is 1.70. The smallest absolute Gasteiger partial charge is 0.243 e. The molecule has 1 aliphatic rings. The highest BCUT2D eigenvalue weighted by molar-refractivity contribution is 7.89. The highest BCUT2D eigenvalue weighted by atomic mass is 32.2. The van der Waals surface area contributed by atoms with Crippen molar-refractivity contribution < 1.29 is 22.7 Å². The number of ether oxygens (including phenoxy) is 2. The van der Waals surface area contributed by atoms with E-state index >= 15 is 0 Å². The number of nitrogens with zero attached hydrogens (tertiary/aromatic N) is 1. The Labute approximate surface area is 155 Å². The Bertz CT molecular complexity index is 714. The molecular formula is C18H28N2O5S. The van der Waals surface area contributed by atoms with Crippen LogP contribution in [0.2, 0.25) is 0 Å². The van der Waals surface area contributed by atoms with Crippen molar-refractivity contribution in [3.8, 4) is 5.75 Å². The molecule has 1 atom stereocenters. The van der Waals surface area contributed by atoms with Gasteiger partial charge < -0.3 is 14.8 Å². The first-order valence-electron chi connectivity index (χ1n) is 9.00. The summed E-state index contributed by atoms with van der Waals surface area (Å²) in [4.78, 5) is 12.3. The minimum Gasteiger partial charge on any atom is -0.494 e. The summed E-state index contributed by atoms with van der Waals surface area (Å²) in [7, 11) is -3.75. The molecule has 1 amide bonds. The molecule has 0 aliphatic carbocycles. The van der Waals surface area contributed by atoms with Crippen molar-refractivity contribution in [2.24, 2.45) is 0 Å². The van der Waals surface area contributed by atoms with E-state index in [9.17, 15) is 13.2 Å². The van der Waals surface area contributed by atoms with Crippen LogP contribution in [0.3, 0.4) is 0 Å². The van der Waals surface area contributed by atoms with E-state index in [0.29, 0.717) is 25.5 Å². The first-order valence-corrected chi connectivity index (χ1v) is 10.4. The number of sulfonamides is 1. The van der Waals surface area contributed by atoms with Gasteiger partial charge in [0.05, 0.1) is 24.2 Å². The first-order chi connectivity index (χ1) is 12.4. The van der Waals surface area contributed by atoms with Crippen LogP contribution < -0.4 is 10.1 Å². The molecule has 1 aromatic rings. The van der Waals surface area contributed by atoms with Gasteiger partial charge in [0.25, 0.3) is 0 Å². The molecule has 0 unspecified atom stereocenters. The quantitative estimate of drug-likeness (QED) is 0.700. The fourth-order valence-corrected chi connectivity index (χ4v) is 4.36. The van der Waals surface area contributed by atoms with Crippen LogP contribution in [0.1, 0.15) is 32.3 Å². The van der Waals surface area contributed by atoms with Crippen molar-refractivity contribution in [1.29, 1.82) is 0 Å². The number of aryl methyl sites for hydroxylation is 1. The van der Waals surface area contributed by atoms with Gasteiger partial charge in [0.15, 0.2) is 0 Å². The number of hydrogen-bond donors (Lipinski definition) is 1. The maximum Gasteiger partial charge on any atom is 0.243 e. The van der Waals surface area contributed by atoms with E-state index in [2.05, 4.69) is 5.32 Å². The number of hydrogen-bond acceptors (Lipinski definition) is 5. The Balaban J connectivity index is 2.04. The SMILES string of the molecule is CCOc1ccc(S(=O)(=O)N(CC)CC(=O)NC[C@H]2CCCO2)cc1C. The second-order valence-corrected chi connectivity index (χ2v) is 8.17. The van der Waals surface area contributed by atoms with Crippen molar-refractivity contribution in [2.45, 2.75) is 44.6 Å². The van der Waals surface area contributed by atoms with Crippen LogP contribution in [0.5, 0.6) is 5.75 Å². The fraction of sp³-hybridized carbons (Fsp3) is 0.611. The van der Waals surface area contributed by atoms with E-state index in [1.54, 1.807) is 26.0 Å². The Hall–Kier alpha value is -1.64. The molecule has 8 heteroatoms. The van der Waals surface area contributed by atoms with Crippen LogP contribution in [-0.2, 0) is 19.6 Å². The molecule has 146 valence electrons. The summed E-state index contributed by atoms with van der Waals surface area (Å²) in [6, 6.07) is 4.74. The Morgan fingerprint density at radius 2 is 2.15 bits per heavy atom. The third kappa shape index (κ3) is 5.18. The molecule has 1 aliphatic heterocycles. The zero-order valence-electron chi connectivity index (χ0n) is 15.7. The van der Waals surface area contributed by atoms with E-state index in [0.717, 1.165) is 18.4 Å². The summed E-state index contributed by atoms with van der Waals surface area (Å²) < 4.78 is 37.8. The van der Waals surface area contributed by atoms with E-state index in [-0.39, 0.29) is 30.0 Å². The van der Waals surface area contributed by atoms with Crippen molar-refractivity contribution >= 4 is 15.9 Å². The second kappa shape index (κ2) is 9.34. The lowest BCUT2D eigenvalue weighted by Gasteiger charge is -2.21. The maximum atomic E-state index is 12.9.